The Hall–Kier alpha value is -1.20. The van der Waals surface area contributed by atoms with Crippen LogP contribution >= 0.6 is 0 Å². The van der Waals surface area contributed by atoms with Crippen LogP contribution in [0.1, 0.15) is 19.0 Å². The zero-order valence-corrected chi connectivity index (χ0v) is 8.67. The Morgan fingerprint density at radius 3 is 2.53 bits per heavy atom. The van der Waals surface area contributed by atoms with Crippen LogP contribution in [0.2, 0.25) is 0 Å². The summed E-state index contributed by atoms with van der Waals surface area (Å²) in [6, 6.07) is 0. The Balaban J connectivity index is 2.55. The lowest BCUT2D eigenvalue weighted by atomic mass is 10.1. The van der Waals surface area contributed by atoms with Crippen molar-refractivity contribution in [2.45, 2.75) is 33.0 Å². The van der Waals surface area contributed by atoms with Crippen LogP contribution in [0.3, 0.4) is 0 Å². The van der Waals surface area contributed by atoms with E-state index in [1.807, 2.05) is 0 Å². The van der Waals surface area contributed by atoms with Gasteiger partial charge in [-0.15, -0.1) is 0 Å². The molecule has 6 heteroatoms. The summed E-state index contributed by atoms with van der Waals surface area (Å²) in [6.07, 6.45) is -3.36. The minimum atomic E-state index is -4.12. The van der Waals surface area contributed by atoms with Crippen molar-refractivity contribution in [2.24, 2.45) is 5.92 Å². The van der Waals surface area contributed by atoms with Crippen LogP contribution in [0.25, 0.3) is 0 Å². The van der Waals surface area contributed by atoms with Gasteiger partial charge in [0.1, 0.15) is 0 Å². The number of aromatic nitrogens is 2. The first-order valence-corrected chi connectivity index (χ1v) is 4.64. The minimum Gasteiger partial charge on any atom is -0.396 e. The zero-order valence-electron chi connectivity index (χ0n) is 8.67. The van der Waals surface area contributed by atoms with Gasteiger partial charge in [0.25, 0.3) is 0 Å². The maximum absolute atomic E-state index is 12.0. The first-order chi connectivity index (χ1) is 6.78. The quantitative estimate of drug-likeness (QED) is 0.851. The van der Waals surface area contributed by atoms with Crippen molar-refractivity contribution in [1.29, 1.82) is 0 Å². The maximum Gasteiger partial charge on any atom is 0.389 e. The van der Waals surface area contributed by atoms with Gasteiger partial charge in [-0.2, -0.15) is 18.3 Å². The summed E-state index contributed by atoms with van der Waals surface area (Å²) in [5.74, 6) is -0.497. The van der Waals surface area contributed by atoms with Gasteiger partial charge in [-0.25, -0.2) is 0 Å². The fourth-order valence-electron chi connectivity index (χ4n) is 1.41. The van der Waals surface area contributed by atoms with E-state index in [1.165, 1.54) is 4.68 Å². The first kappa shape index (κ1) is 11.9. The molecule has 1 unspecified atom stereocenters. The maximum atomic E-state index is 12.0. The third-order valence-electron chi connectivity index (χ3n) is 2.06. The number of alkyl halides is 3. The number of halogens is 3. The Kier molecular flexibility index (Phi) is 3.26. The zero-order chi connectivity index (χ0) is 11.6. The van der Waals surface area contributed by atoms with E-state index < -0.39 is 18.5 Å². The van der Waals surface area contributed by atoms with Gasteiger partial charge in [-0.05, 0) is 12.8 Å². The summed E-state index contributed by atoms with van der Waals surface area (Å²) in [5, 5.41) is 4.00. The monoisotopic (exact) mass is 221 g/mol. The number of nitrogens with zero attached hydrogens (tertiary/aromatic N) is 2. The Bertz CT molecular complexity index is 310. The van der Waals surface area contributed by atoms with Crippen LogP contribution in [0, 0.1) is 12.8 Å². The molecule has 1 aromatic heterocycles. The Morgan fingerprint density at radius 1 is 1.53 bits per heavy atom. The fourth-order valence-corrected chi connectivity index (χ4v) is 1.41. The van der Waals surface area contributed by atoms with Crippen molar-refractivity contribution in [1.82, 2.24) is 9.78 Å². The Labute approximate surface area is 86.1 Å². The van der Waals surface area contributed by atoms with Crippen molar-refractivity contribution in [3.8, 4) is 0 Å². The van der Waals surface area contributed by atoms with E-state index in [9.17, 15) is 13.2 Å². The molecule has 0 radical (unpaired) electrons. The van der Waals surface area contributed by atoms with Crippen molar-refractivity contribution >= 4 is 5.69 Å². The van der Waals surface area contributed by atoms with Crippen LogP contribution in [-0.2, 0) is 6.54 Å². The van der Waals surface area contributed by atoms with E-state index in [-0.39, 0.29) is 6.54 Å². The van der Waals surface area contributed by atoms with Crippen molar-refractivity contribution in [2.75, 3.05) is 5.73 Å². The topological polar surface area (TPSA) is 43.8 Å². The third-order valence-corrected chi connectivity index (χ3v) is 2.06. The largest absolute Gasteiger partial charge is 0.396 e. The molecule has 0 aromatic carbocycles. The standard InChI is InChI=1S/C9H14F3N3/c1-6(3-9(10,11)12)4-15-5-8(13)7(2)14-15/h5-6H,3-4,13H2,1-2H3. The average molecular weight is 221 g/mol. The molecule has 1 aromatic rings. The Morgan fingerprint density at radius 2 is 2.13 bits per heavy atom. The van der Waals surface area contributed by atoms with Gasteiger partial charge in [-0.3, -0.25) is 4.68 Å². The average Bonchev–Trinajstić information content (AvgIpc) is 2.26. The smallest absolute Gasteiger partial charge is 0.389 e. The molecule has 0 fully saturated rings. The van der Waals surface area contributed by atoms with Crippen LogP contribution in [0.4, 0.5) is 18.9 Å². The molecule has 0 aliphatic carbocycles. The molecule has 1 heterocycles. The minimum absolute atomic E-state index is 0.234. The molecule has 0 spiro atoms. The number of nitrogens with two attached hydrogens (primary N) is 1. The molecule has 0 bridgehead atoms. The summed E-state index contributed by atoms with van der Waals surface area (Å²) in [4.78, 5) is 0. The third kappa shape index (κ3) is 3.81. The fraction of sp³-hybridized carbons (Fsp3) is 0.667. The summed E-state index contributed by atoms with van der Waals surface area (Å²) >= 11 is 0. The van der Waals surface area contributed by atoms with E-state index in [4.69, 9.17) is 5.73 Å². The summed E-state index contributed by atoms with van der Waals surface area (Å²) in [6.45, 7) is 3.50. The number of anilines is 1. The number of rotatable bonds is 3. The lowest BCUT2D eigenvalue weighted by molar-refractivity contribution is -0.144. The second-order valence-corrected chi connectivity index (χ2v) is 3.82. The van der Waals surface area contributed by atoms with Gasteiger partial charge in [0.2, 0.25) is 0 Å². The molecule has 0 saturated heterocycles. The molecule has 1 atom stereocenters. The van der Waals surface area contributed by atoms with Crippen LogP contribution < -0.4 is 5.73 Å². The van der Waals surface area contributed by atoms with Gasteiger partial charge in [-0.1, -0.05) is 6.92 Å². The van der Waals surface area contributed by atoms with Gasteiger partial charge < -0.3 is 5.73 Å². The normalized spacial score (nSPS) is 14.2. The number of hydrogen-bond donors (Lipinski definition) is 1. The predicted molar refractivity (Wildman–Crippen MR) is 51.2 cm³/mol. The second-order valence-electron chi connectivity index (χ2n) is 3.82. The molecule has 0 amide bonds. The number of nitrogen functional groups attached to an aromatic ring is 1. The summed E-state index contributed by atoms with van der Waals surface area (Å²) in [7, 11) is 0. The lowest BCUT2D eigenvalue weighted by Crippen LogP contribution is -2.17. The molecule has 86 valence electrons. The highest BCUT2D eigenvalue weighted by atomic mass is 19.4. The van der Waals surface area contributed by atoms with E-state index in [1.54, 1.807) is 20.0 Å². The highest BCUT2D eigenvalue weighted by molar-refractivity contribution is 5.39. The summed E-state index contributed by atoms with van der Waals surface area (Å²) < 4.78 is 37.6. The molecule has 3 nitrogen and oxygen atoms in total. The molecular weight excluding hydrogens is 207 g/mol. The molecule has 0 saturated carbocycles. The van der Waals surface area contributed by atoms with Crippen molar-refractivity contribution in [3.05, 3.63) is 11.9 Å². The van der Waals surface area contributed by atoms with Crippen LogP contribution in [-0.4, -0.2) is 16.0 Å². The van der Waals surface area contributed by atoms with Crippen LogP contribution in [0.15, 0.2) is 6.20 Å². The first-order valence-electron chi connectivity index (χ1n) is 4.64. The van der Waals surface area contributed by atoms with E-state index in [0.717, 1.165) is 0 Å². The van der Waals surface area contributed by atoms with Crippen molar-refractivity contribution in [3.63, 3.8) is 0 Å². The molecule has 0 aliphatic heterocycles. The second kappa shape index (κ2) is 4.12. The number of hydrogen-bond acceptors (Lipinski definition) is 2. The van der Waals surface area contributed by atoms with Crippen LogP contribution in [0.5, 0.6) is 0 Å². The molecule has 1 rings (SSSR count). The summed E-state index contributed by atoms with van der Waals surface area (Å²) in [5.41, 5.74) is 6.69. The lowest BCUT2D eigenvalue weighted by Gasteiger charge is -2.13. The van der Waals surface area contributed by atoms with Gasteiger partial charge >= 0.3 is 6.18 Å². The van der Waals surface area contributed by atoms with Gasteiger partial charge in [0, 0.05) is 19.2 Å². The van der Waals surface area contributed by atoms with Gasteiger partial charge in [0.05, 0.1) is 11.4 Å². The number of aryl methyl sites for hydroxylation is 1. The van der Waals surface area contributed by atoms with E-state index in [0.29, 0.717) is 11.4 Å². The van der Waals surface area contributed by atoms with Crippen molar-refractivity contribution < 1.29 is 13.2 Å². The van der Waals surface area contributed by atoms with Gasteiger partial charge in [0.15, 0.2) is 0 Å². The molecule has 15 heavy (non-hydrogen) atoms. The van der Waals surface area contributed by atoms with E-state index >= 15 is 0 Å². The molecule has 0 aliphatic rings. The predicted octanol–water partition coefficient (Wildman–Crippen LogP) is 2.36. The molecular formula is C9H14F3N3. The van der Waals surface area contributed by atoms with E-state index in [2.05, 4.69) is 5.10 Å². The SMILES string of the molecule is Cc1nn(CC(C)CC(F)(F)F)cc1N. The highest BCUT2D eigenvalue weighted by Gasteiger charge is 2.30. The molecule has 2 N–H and O–H groups in total. The highest BCUT2D eigenvalue weighted by Crippen LogP contribution is 2.25.